The van der Waals surface area contributed by atoms with Crippen molar-refractivity contribution in [1.82, 2.24) is 4.90 Å². The molecule has 0 bridgehead atoms. The predicted octanol–water partition coefficient (Wildman–Crippen LogP) is 1.77. The molecule has 6 heteroatoms. The van der Waals surface area contributed by atoms with Crippen molar-refractivity contribution < 1.29 is 9.59 Å². The van der Waals surface area contributed by atoms with Crippen LogP contribution in [-0.4, -0.2) is 29.8 Å². The third-order valence-corrected chi connectivity index (χ3v) is 2.35. The predicted molar refractivity (Wildman–Crippen MR) is 68.3 cm³/mol. The van der Waals surface area contributed by atoms with Gasteiger partial charge in [0, 0.05) is 11.3 Å². The highest BCUT2D eigenvalue weighted by atomic mass is 16.2. The Morgan fingerprint density at radius 1 is 1.16 bits per heavy atom. The second kappa shape index (κ2) is 6.77. The van der Waals surface area contributed by atoms with Crippen molar-refractivity contribution in [3.63, 3.8) is 0 Å². The molecule has 0 aliphatic heterocycles. The minimum atomic E-state index is -0.529. The zero-order chi connectivity index (χ0) is 14.3. The molecule has 0 aromatic heterocycles. The monoisotopic (exact) mass is 256 g/mol. The molecule has 6 nitrogen and oxygen atoms in total. The highest BCUT2D eigenvalue weighted by Gasteiger charge is 2.12. The summed E-state index contributed by atoms with van der Waals surface area (Å²) in [6, 6.07) is 9.46. The summed E-state index contributed by atoms with van der Waals surface area (Å²) in [6.45, 7) is 1.13. The van der Waals surface area contributed by atoms with Gasteiger partial charge in [0.2, 0.25) is 0 Å². The van der Waals surface area contributed by atoms with E-state index >= 15 is 0 Å². The third-order valence-electron chi connectivity index (χ3n) is 2.35. The van der Waals surface area contributed by atoms with Crippen LogP contribution in [0.1, 0.15) is 17.3 Å². The van der Waals surface area contributed by atoms with Crippen LogP contribution in [0.2, 0.25) is 0 Å². The van der Waals surface area contributed by atoms with Crippen LogP contribution in [0, 0.1) is 22.7 Å². The molecule has 0 aliphatic carbocycles. The largest absolute Gasteiger partial charge is 0.323 e. The van der Waals surface area contributed by atoms with Crippen molar-refractivity contribution in [2.45, 2.75) is 6.92 Å². The van der Waals surface area contributed by atoms with E-state index in [0.717, 1.165) is 4.90 Å². The SMILES string of the molecule is CC(=O)c1ccc(NC(=O)N(CC#N)CC#N)cc1. The molecule has 19 heavy (non-hydrogen) atoms. The Morgan fingerprint density at radius 2 is 1.68 bits per heavy atom. The van der Waals surface area contributed by atoms with Gasteiger partial charge in [-0.15, -0.1) is 0 Å². The Balaban J connectivity index is 2.73. The lowest BCUT2D eigenvalue weighted by molar-refractivity contribution is 0.101. The van der Waals surface area contributed by atoms with Gasteiger partial charge in [-0.3, -0.25) is 9.69 Å². The number of amides is 2. The minimum absolute atomic E-state index is 0.0616. The molecule has 0 heterocycles. The maximum absolute atomic E-state index is 11.8. The van der Waals surface area contributed by atoms with Gasteiger partial charge >= 0.3 is 6.03 Å². The number of benzene rings is 1. The Bertz CT molecular complexity index is 535. The fourth-order valence-electron chi connectivity index (χ4n) is 1.36. The van der Waals surface area contributed by atoms with E-state index in [9.17, 15) is 9.59 Å². The molecular formula is C13H12N4O2. The number of rotatable bonds is 4. The molecule has 0 spiro atoms. The second-order valence-corrected chi connectivity index (χ2v) is 3.74. The van der Waals surface area contributed by atoms with Crippen LogP contribution < -0.4 is 5.32 Å². The molecular weight excluding hydrogens is 244 g/mol. The van der Waals surface area contributed by atoms with Gasteiger partial charge in [0.1, 0.15) is 13.1 Å². The van der Waals surface area contributed by atoms with Gasteiger partial charge in [-0.1, -0.05) is 0 Å². The van der Waals surface area contributed by atoms with E-state index in [1.54, 1.807) is 24.3 Å². The van der Waals surface area contributed by atoms with E-state index in [1.807, 2.05) is 12.1 Å². The Hall–Kier alpha value is -2.86. The Morgan fingerprint density at radius 3 is 2.11 bits per heavy atom. The van der Waals surface area contributed by atoms with E-state index in [0.29, 0.717) is 11.3 Å². The first-order valence-electron chi connectivity index (χ1n) is 5.49. The molecule has 0 atom stereocenters. The van der Waals surface area contributed by atoms with Crippen LogP contribution in [-0.2, 0) is 0 Å². The van der Waals surface area contributed by atoms with Crippen LogP contribution in [0.25, 0.3) is 0 Å². The van der Waals surface area contributed by atoms with Gasteiger partial charge in [0.15, 0.2) is 5.78 Å². The van der Waals surface area contributed by atoms with Gasteiger partial charge in [0.25, 0.3) is 0 Å². The average Bonchev–Trinajstić information content (AvgIpc) is 2.39. The molecule has 1 aromatic carbocycles. The first kappa shape index (κ1) is 14.2. The molecule has 0 saturated heterocycles. The van der Waals surface area contributed by atoms with E-state index in [1.165, 1.54) is 6.92 Å². The Kier molecular flexibility index (Phi) is 5.06. The molecule has 0 saturated carbocycles. The zero-order valence-corrected chi connectivity index (χ0v) is 10.4. The first-order chi connectivity index (χ1) is 9.08. The van der Waals surface area contributed by atoms with E-state index < -0.39 is 6.03 Å². The summed E-state index contributed by atoms with van der Waals surface area (Å²) in [7, 11) is 0. The minimum Gasteiger partial charge on any atom is -0.308 e. The molecule has 96 valence electrons. The maximum Gasteiger partial charge on any atom is 0.323 e. The number of nitriles is 2. The number of nitrogens with one attached hydrogen (secondary N) is 1. The number of ketones is 1. The lowest BCUT2D eigenvalue weighted by Gasteiger charge is -2.16. The number of anilines is 1. The molecule has 2 amide bonds. The van der Waals surface area contributed by atoms with Gasteiger partial charge in [-0.05, 0) is 31.2 Å². The van der Waals surface area contributed by atoms with Crippen molar-refractivity contribution in [3.05, 3.63) is 29.8 Å². The summed E-state index contributed by atoms with van der Waals surface area (Å²) >= 11 is 0. The zero-order valence-electron chi connectivity index (χ0n) is 10.4. The topological polar surface area (TPSA) is 97.0 Å². The summed E-state index contributed by atoms with van der Waals surface area (Å²) in [5.41, 5.74) is 1.04. The quantitative estimate of drug-likeness (QED) is 0.655. The van der Waals surface area contributed by atoms with Crippen LogP contribution in [0.4, 0.5) is 10.5 Å². The molecule has 0 aliphatic rings. The van der Waals surface area contributed by atoms with Crippen molar-refractivity contribution >= 4 is 17.5 Å². The van der Waals surface area contributed by atoms with Crippen LogP contribution >= 0.6 is 0 Å². The first-order valence-corrected chi connectivity index (χ1v) is 5.49. The number of nitrogens with zero attached hydrogens (tertiary/aromatic N) is 3. The third kappa shape index (κ3) is 4.14. The normalized spacial score (nSPS) is 9.00. The van der Waals surface area contributed by atoms with Gasteiger partial charge < -0.3 is 5.32 Å². The van der Waals surface area contributed by atoms with Crippen molar-refractivity contribution in [2.75, 3.05) is 18.4 Å². The second-order valence-electron chi connectivity index (χ2n) is 3.74. The standard InChI is InChI=1S/C13H12N4O2/c1-10(18)11-2-4-12(5-3-11)16-13(19)17(8-6-14)9-7-15/h2-5H,8-9H2,1H3,(H,16,19). The molecule has 1 N–H and O–H groups in total. The summed E-state index contributed by atoms with van der Waals surface area (Å²) in [5.74, 6) is -0.0616. The fourth-order valence-corrected chi connectivity index (χ4v) is 1.36. The van der Waals surface area contributed by atoms with Gasteiger partial charge in [-0.2, -0.15) is 10.5 Å². The summed E-state index contributed by atoms with van der Waals surface area (Å²) < 4.78 is 0. The Labute approximate surface area is 110 Å². The number of hydrogen-bond acceptors (Lipinski definition) is 4. The van der Waals surface area contributed by atoms with Crippen molar-refractivity contribution in [3.8, 4) is 12.1 Å². The number of Topliss-reactive ketones (excluding diaryl/α,β-unsaturated/α-hetero) is 1. The number of urea groups is 1. The lowest BCUT2D eigenvalue weighted by atomic mass is 10.1. The smallest absolute Gasteiger partial charge is 0.308 e. The highest BCUT2D eigenvalue weighted by Crippen LogP contribution is 2.10. The van der Waals surface area contributed by atoms with Crippen LogP contribution in [0.3, 0.4) is 0 Å². The van der Waals surface area contributed by atoms with Gasteiger partial charge in [0.05, 0.1) is 12.1 Å². The molecule has 0 radical (unpaired) electrons. The van der Waals surface area contributed by atoms with E-state index in [-0.39, 0.29) is 18.9 Å². The van der Waals surface area contributed by atoms with Crippen molar-refractivity contribution in [1.29, 1.82) is 10.5 Å². The molecule has 0 fully saturated rings. The van der Waals surface area contributed by atoms with E-state index in [4.69, 9.17) is 10.5 Å². The van der Waals surface area contributed by atoms with Crippen molar-refractivity contribution in [2.24, 2.45) is 0 Å². The molecule has 1 aromatic rings. The maximum atomic E-state index is 11.8. The van der Waals surface area contributed by atoms with Crippen LogP contribution in [0.5, 0.6) is 0 Å². The van der Waals surface area contributed by atoms with Gasteiger partial charge in [-0.25, -0.2) is 4.79 Å². The summed E-state index contributed by atoms with van der Waals surface area (Å²) in [6.07, 6.45) is 0. The number of carbonyl (C=O) groups is 2. The average molecular weight is 256 g/mol. The molecule has 0 unspecified atom stereocenters. The fraction of sp³-hybridized carbons (Fsp3) is 0.231. The number of hydrogen-bond donors (Lipinski definition) is 1. The molecule has 1 rings (SSSR count). The van der Waals surface area contributed by atoms with E-state index in [2.05, 4.69) is 5.32 Å². The highest BCUT2D eigenvalue weighted by molar-refractivity contribution is 5.95. The summed E-state index contributed by atoms with van der Waals surface area (Å²) in [5, 5.41) is 19.7. The summed E-state index contributed by atoms with van der Waals surface area (Å²) in [4.78, 5) is 23.9. The number of carbonyl (C=O) groups excluding carboxylic acids is 2. The van der Waals surface area contributed by atoms with Crippen LogP contribution in [0.15, 0.2) is 24.3 Å². The lowest BCUT2D eigenvalue weighted by Crippen LogP contribution is -2.35.